The highest BCUT2D eigenvalue weighted by molar-refractivity contribution is 5.88. The van der Waals surface area contributed by atoms with Crippen molar-refractivity contribution in [2.24, 2.45) is 13.0 Å². The number of fused-ring (bicyclic) bond motifs is 1. The van der Waals surface area contributed by atoms with E-state index in [1.807, 2.05) is 55.5 Å². The first kappa shape index (κ1) is 32.9. The Bertz CT molecular complexity index is 1390. The molecule has 2 N–H and O–H groups in total. The zero-order chi connectivity index (χ0) is 31.9. The van der Waals surface area contributed by atoms with Gasteiger partial charge in [0, 0.05) is 57.9 Å². The van der Waals surface area contributed by atoms with Crippen LogP contribution in [0, 0.1) is 5.92 Å². The third-order valence-corrected chi connectivity index (χ3v) is 7.57. The fourth-order valence-corrected chi connectivity index (χ4v) is 5.32. The van der Waals surface area contributed by atoms with E-state index in [1.165, 1.54) is 12.4 Å². The molecular weight excluding hydrogens is 566 g/mol. The Morgan fingerprint density at radius 3 is 2.32 bits per heavy atom. The van der Waals surface area contributed by atoms with Gasteiger partial charge in [0.15, 0.2) is 0 Å². The lowest BCUT2D eigenvalue weighted by Crippen LogP contribution is -2.43. The summed E-state index contributed by atoms with van der Waals surface area (Å²) < 4.78 is 12.8. The summed E-state index contributed by atoms with van der Waals surface area (Å²) in [5.74, 6) is 1.10. The van der Waals surface area contributed by atoms with Crippen LogP contribution in [0.1, 0.15) is 56.7 Å². The lowest BCUT2D eigenvalue weighted by atomic mass is 9.96. The lowest BCUT2D eigenvalue weighted by Gasteiger charge is -2.35. The molecule has 3 heterocycles. The molecule has 1 amide bonds. The number of ether oxygens (including phenoxy) is 2. The molecule has 0 saturated carbocycles. The van der Waals surface area contributed by atoms with E-state index in [1.54, 1.807) is 11.8 Å². The number of aliphatic hydroxyl groups excluding tert-OH is 2. The second kappa shape index (κ2) is 14.7. The fourth-order valence-electron chi connectivity index (χ4n) is 5.32. The minimum absolute atomic E-state index is 0.0237. The fraction of sp³-hybridized carbons (Fsp3) is 0.581. The third kappa shape index (κ3) is 8.35. The molecule has 44 heavy (non-hydrogen) atoms. The standard InChI is InChI=1S/C31H45N7O6/c1-6-43-28(41)23-18-32-29(33-19-23)37-11-9-22(10-12-37)20-38(30(42)44-31(2,3)4)21-27-34-25-17-24(7-8-26(25)35(27)5)36(13-15-39)14-16-40/h7-8,17-19,22,39-40H,6,9-16,20-21H2,1-5H3. The number of aromatic nitrogens is 4. The summed E-state index contributed by atoms with van der Waals surface area (Å²) in [6.07, 6.45) is 4.27. The van der Waals surface area contributed by atoms with E-state index in [4.69, 9.17) is 14.5 Å². The maximum Gasteiger partial charge on any atom is 0.410 e. The highest BCUT2D eigenvalue weighted by atomic mass is 16.6. The van der Waals surface area contributed by atoms with Gasteiger partial charge in [0.25, 0.3) is 0 Å². The maximum absolute atomic E-state index is 13.4. The molecule has 1 aliphatic rings. The van der Waals surface area contributed by atoms with E-state index in [9.17, 15) is 19.8 Å². The van der Waals surface area contributed by atoms with E-state index < -0.39 is 11.6 Å². The molecule has 0 radical (unpaired) electrons. The number of imidazole rings is 1. The van der Waals surface area contributed by atoms with Crippen LogP contribution >= 0.6 is 0 Å². The molecule has 1 saturated heterocycles. The summed E-state index contributed by atoms with van der Waals surface area (Å²) in [5.41, 5.74) is 2.23. The number of rotatable bonds is 12. The van der Waals surface area contributed by atoms with Crippen molar-refractivity contribution in [1.29, 1.82) is 0 Å². The molecule has 4 rings (SSSR count). The Labute approximate surface area is 258 Å². The summed E-state index contributed by atoms with van der Waals surface area (Å²) in [7, 11) is 1.93. The Morgan fingerprint density at radius 2 is 1.73 bits per heavy atom. The van der Waals surface area contributed by atoms with E-state index in [0.717, 1.165) is 48.5 Å². The first-order valence-electron chi connectivity index (χ1n) is 15.2. The molecule has 0 spiro atoms. The zero-order valence-corrected chi connectivity index (χ0v) is 26.4. The summed E-state index contributed by atoms with van der Waals surface area (Å²) >= 11 is 0. The molecule has 1 aliphatic heterocycles. The van der Waals surface area contributed by atoms with Crippen LogP contribution < -0.4 is 9.80 Å². The predicted octanol–water partition coefficient (Wildman–Crippen LogP) is 2.98. The predicted molar refractivity (Wildman–Crippen MR) is 167 cm³/mol. The molecule has 2 aromatic heterocycles. The molecule has 3 aromatic rings. The van der Waals surface area contributed by atoms with Crippen LogP contribution in [0.3, 0.4) is 0 Å². The van der Waals surface area contributed by atoms with Gasteiger partial charge in [-0.3, -0.25) is 0 Å². The minimum atomic E-state index is -0.643. The number of aliphatic hydroxyl groups is 2. The van der Waals surface area contributed by atoms with Gasteiger partial charge in [0.1, 0.15) is 11.4 Å². The molecule has 0 atom stereocenters. The van der Waals surface area contributed by atoms with Gasteiger partial charge in [-0.25, -0.2) is 24.5 Å². The van der Waals surface area contributed by atoms with E-state index in [2.05, 4.69) is 14.9 Å². The average Bonchev–Trinajstić information content (AvgIpc) is 3.30. The molecule has 1 fully saturated rings. The van der Waals surface area contributed by atoms with Crippen molar-refractivity contribution >= 4 is 34.7 Å². The average molecular weight is 612 g/mol. The number of carbonyl (C=O) groups excluding carboxylic acids is 2. The lowest BCUT2D eigenvalue weighted by molar-refractivity contribution is 0.0187. The Balaban J connectivity index is 1.47. The quantitative estimate of drug-likeness (QED) is 0.292. The molecule has 13 heteroatoms. The van der Waals surface area contributed by atoms with Gasteiger partial charge in [-0.15, -0.1) is 0 Å². The number of aryl methyl sites for hydroxylation is 1. The number of hydrogen-bond donors (Lipinski definition) is 2. The normalized spacial score (nSPS) is 14.1. The van der Waals surface area contributed by atoms with Crippen LogP contribution in [0.15, 0.2) is 30.6 Å². The van der Waals surface area contributed by atoms with Crippen LogP contribution in [0.2, 0.25) is 0 Å². The monoisotopic (exact) mass is 611 g/mol. The number of carbonyl (C=O) groups is 2. The van der Waals surface area contributed by atoms with Crippen molar-refractivity contribution < 1.29 is 29.3 Å². The minimum Gasteiger partial charge on any atom is -0.462 e. The molecule has 13 nitrogen and oxygen atoms in total. The van der Waals surface area contributed by atoms with Gasteiger partial charge >= 0.3 is 12.1 Å². The van der Waals surface area contributed by atoms with Crippen molar-refractivity contribution in [3.63, 3.8) is 0 Å². The largest absolute Gasteiger partial charge is 0.462 e. The Kier molecular flexibility index (Phi) is 11.0. The molecular formula is C31H45N7O6. The molecule has 240 valence electrons. The number of nitrogens with zero attached hydrogens (tertiary/aromatic N) is 7. The van der Waals surface area contributed by atoms with Crippen LogP contribution in [0.4, 0.5) is 16.4 Å². The third-order valence-electron chi connectivity index (χ3n) is 7.57. The molecule has 0 bridgehead atoms. The number of benzene rings is 1. The Morgan fingerprint density at radius 1 is 1.07 bits per heavy atom. The smallest absolute Gasteiger partial charge is 0.410 e. The second-order valence-corrected chi connectivity index (χ2v) is 12.0. The van der Waals surface area contributed by atoms with Gasteiger partial charge in [0.2, 0.25) is 5.95 Å². The van der Waals surface area contributed by atoms with Gasteiger partial charge in [0.05, 0.1) is 43.0 Å². The van der Waals surface area contributed by atoms with E-state index in [-0.39, 0.29) is 31.8 Å². The van der Waals surface area contributed by atoms with Gasteiger partial charge in [-0.05, 0) is 64.7 Å². The number of esters is 1. The highest BCUT2D eigenvalue weighted by Crippen LogP contribution is 2.26. The maximum atomic E-state index is 13.4. The topological polar surface area (TPSA) is 146 Å². The van der Waals surface area contributed by atoms with Crippen LogP contribution in [0.5, 0.6) is 0 Å². The molecule has 0 unspecified atom stereocenters. The van der Waals surface area contributed by atoms with Crippen molar-refractivity contribution in [1.82, 2.24) is 24.4 Å². The zero-order valence-electron chi connectivity index (χ0n) is 26.4. The van der Waals surface area contributed by atoms with Crippen molar-refractivity contribution in [3.8, 4) is 0 Å². The van der Waals surface area contributed by atoms with Gasteiger partial charge < -0.3 is 39.0 Å². The first-order chi connectivity index (χ1) is 21.0. The van der Waals surface area contributed by atoms with E-state index >= 15 is 0 Å². The van der Waals surface area contributed by atoms with Crippen LogP contribution in [0.25, 0.3) is 11.0 Å². The number of piperidine rings is 1. The number of anilines is 2. The number of amides is 1. The summed E-state index contributed by atoms with van der Waals surface area (Å²) in [4.78, 5) is 44.7. The molecule has 0 aliphatic carbocycles. The van der Waals surface area contributed by atoms with Gasteiger partial charge in [-0.1, -0.05) is 0 Å². The van der Waals surface area contributed by atoms with Crippen molar-refractivity contribution in [2.45, 2.75) is 52.7 Å². The number of hydrogen-bond acceptors (Lipinski definition) is 11. The first-order valence-corrected chi connectivity index (χ1v) is 15.2. The van der Waals surface area contributed by atoms with Crippen molar-refractivity contribution in [3.05, 3.63) is 42.0 Å². The van der Waals surface area contributed by atoms with Gasteiger partial charge in [-0.2, -0.15) is 0 Å². The molecule has 1 aromatic carbocycles. The van der Waals surface area contributed by atoms with Crippen LogP contribution in [-0.2, 0) is 23.1 Å². The van der Waals surface area contributed by atoms with E-state index in [0.29, 0.717) is 37.8 Å². The second-order valence-electron chi connectivity index (χ2n) is 12.0. The SMILES string of the molecule is CCOC(=O)c1cnc(N2CCC(CN(Cc3nc4cc(N(CCO)CCO)ccc4n3C)C(=O)OC(C)(C)C)CC2)nc1. The van der Waals surface area contributed by atoms with Crippen LogP contribution in [-0.4, -0.2) is 105 Å². The summed E-state index contributed by atoms with van der Waals surface area (Å²) in [6.45, 7) is 10.6. The highest BCUT2D eigenvalue weighted by Gasteiger charge is 2.29. The Hall–Kier alpha value is -3.97. The summed E-state index contributed by atoms with van der Waals surface area (Å²) in [5, 5.41) is 18.9. The van der Waals surface area contributed by atoms with Crippen molar-refractivity contribution in [2.75, 3.05) is 62.3 Å². The summed E-state index contributed by atoms with van der Waals surface area (Å²) in [6, 6.07) is 5.86.